The normalized spacial score (nSPS) is 12.2. The molecule has 0 amide bonds. The SMILES string of the molecule is NCc1cccc(CN(CCO)CC(F)(F)F)c1F. The first kappa shape index (κ1) is 15.9. The number of aliphatic hydroxyl groups is 1. The largest absolute Gasteiger partial charge is 0.401 e. The van der Waals surface area contributed by atoms with E-state index in [0.717, 1.165) is 4.90 Å². The van der Waals surface area contributed by atoms with Crippen molar-refractivity contribution >= 4 is 0 Å². The van der Waals surface area contributed by atoms with E-state index in [1.807, 2.05) is 0 Å². The number of nitrogens with zero attached hydrogens (tertiary/aromatic N) is 1. The highest BCUT2D eigenvalue weighted by Crippen LogP contribution is 2.20. The van der Waals surface area contributed by atoms with Crippen molar-refractivity contribution in [2.75, 3.05) is 19.7 Å². The summed E-state index contributed by atoms with van der Waals surface area (Å²) in [5.74, 6) is -0.588. The molecule has 1 aromatic rings. The summed E-state index contributed by atoms with van der Waals surface area (Å²) < 4.78 is 50.9. The van der Waals surface area contributed by atoms with Crippen LogP contribution in [0.1, 0.15) is 11.1 Å². The summed E-state index contributed by atoms with van der Waals surface area (Å²) in [6, 6.07) is 4.44. The molecule has 0 aliphatic carbocycles. The molecule has 3 nitrogen and oxygen atoms in total. The zero-order chi connectivity index (χ0) is 14.5. The van der Waals surface area contributed by atoms with E-state index in [0.29, 0.717) is 0 Å². The average molecular weight is 280 g/mol. The van der Waals surface area contributed by atoms with Crippen molar-refractivity contribution in [1.29, 1.82) is 0 Å². The van der Waals surface area contributed by atoms with Crippen molar-refractivity contribution in [3.63, 3.8) is 0 Å². The first-order valence-electron chi connectivity index (χ1n) is 5.73. The first-order valence-corrected chi connectivity index (χ1v) is 5.73. The van der Waals surface area contributed by atoms with E-state index >= 15 is 0 Å². The molecule has 7 heteroatoms. The van der Waals surface area contributed by atoms with E-state index < -0.39 is 25.1 Å². The number of rotatable bonds is 6. The molecule has 0 radical (unpaired) electrons. The second kappa shape index (κ2) is 6.83. The Morgan fingerprint density at radius 2 is 1.84 bits per heavy atom. The van der Waals surface area contributed by atoms with Crippen molar-refractivity contribution in [2.45, 2.75) is 19.3 Å². The third-order valence-corrected chi connectivity index (χ3v) is 2.59. The lowest BCUT2D eigenvalue weighted by Gasteiger charge is -2.23. The predicted molar refractivity (Wildman–Crippen MR) is 62.7 cm³/mol. The molecule has 0 saturated carbocycles. The van der Waals surface area contributed by atoms with Crippen LogP contribution in [0.25, 0.3) is 0 Å². The quantitative estimate of drug-likeness (QED) is 0.779. The fourth-order valence-corrected chi connectivity index (χ4v) is 1.76. The molecular weight excluding hydrogens is 264 g/mol. The van der Waals surface area contributed by atoms with Crippen LogP contribution in [-0.2, 0) is 13.1 Å². The third-order valence-electron chi connectivity index (χ3n) is 2.59. The highest BCUT2D eigenvalue weighted by molar-refractivity contribution is 5.25. The van der Waals surface area contributed by atoms with Crippen LogP contribution in [0.5, 0.6) is 0 Å². The van der Waals surface area contributed by atoms with Gasteiger partial charge in [-0.2, -0.15) is 13.2 Å². The zero-order valence-corrected chi connectivity index (χ0v) is 10.3. The average Bonchev–Trinajstić information content (AvgIpc) is 2.30. The molecule has 0 heterocycles. The summed E-state index contributed by atoms with van der Waals surface area (Å²) in [6.07, 6.45) is -4.39. The molecule has 0 saturated heterocycles. The molecule has 0 atom stereocenters. The maximum atomic E-state index is 13.9. The molecule has 108 valence electrons. The third kappa shape index (κ3) is 5.14. The molecule has 3 N–H and O–H groups in total. The van der Waals surface area contributed by atoms with Crippen LogP contribution in [0.2, 0.25) is 0 Å². The summed E-state index contributed by atoms with van der Waals surface area (Å²) >= 11 is 0. The van der Waals surface area contributed by atoms with Crippen LogP contribution in [0.4, 0.5) is 17.6 Å². The van der Waals surface area contributed by atoms with E-state index in [1.165, 1.54) is 12.1 Å². The molecular formula is C12H16F4N2O. The van der Waals surface area contributed by atoms with Gasteiger partial charge in [-0.3, -0.25) is 4.90 Å². The Kier molecular flexibility index (Phi) is 5.71. The summed E-state index contributed by atoms with van der Waals surface area (Å²) in [4.78, 5) is 0.943. The van der Waals surface area contributed by atoms with Gasteiger partial charge in [-0.15, -0.1) is 0 Å². The summed E-state index contributed by atoms with van der Waals surface area (Å²) in [5.41, 5.74) is 5.73. The fourth-order valence-electron chi connectivity index (χ4n) is 1.76. The van der Waals surface area contributed by atoms with Crippen molar-refractivity contribution in [3.8, 4) is 0 Å². The maximum absolute atomic E-state index is 13.9. The number of hydrogen-bond donors (Lipinski definition) is 2. The number of hydrogen-bond acceptors (Lipinski definition) is 3. The van der Waals surface area contributed by atoms with Gasteiger partial charge < -0.3 is 10.8 Å². The van der Waals surface area contributed by atoms with Crippen LogP contribution < -0.4 is 5.73 Å². The van der Waals surface area contributed by atoms with Crippen LogP contribution in [-0.4, -0.2) is 35.9 Å². The van der Waals surface area contributed by atoms with Crippen molar-refractivity contribution in [2.24, 2.45) is 5.73 Å². The van der Waals surface area contributed by atoms with Gasteiger partial charge in [0.1, 0.15) is 5.82 Å². The second-order valence-corrected chi connectivity index (χ2v) is 4.14. The molecule has 0 aliphatic heterocycles. The molecule has 0 fully saturated rings. The number of aliphatic hydroxyl groups excluding tert-OH is 1. The molecule has 19 heavy (non-hydrogen) atoms. The van der Waals surface area contributed by atoms with Gasteiger partial charge in [-0.1, -0.05) is 18.2 Å². The minimum Gasteiger partial charge on any atom is -0.395 e. The van der Waals surface area contributed by atoms with E-state index in [-0.39, 0.29) is 30.8 Å². The zero-order valence-electron chi connectivity index (χ0n) is 10.3. The molecule has 1 aromatic carbocycles. The lowest BCUT2D eigenvalue weighted by atomic mass is 10.1. The standard InChI is InChI=1S/C12H16F4N2O/c13-11-9(6-17)2-1-3-10(11)7-18(4-5-19)8-12(14,15)16/h1-3,19H,4-8,17H2. The monoisotopic (exact) mass is 280 g/mol. The van der Waals surface area contributed by atoms with Crippen LogP contribution in [0.3, 0.4) is 0 Å². The first-order chi connectivity index (χ1) is 8.87. The Labute approximate surface area is 108 Å². The van der Waals surface area contributed by atoms with Crippen molar-refractivity contribution < 1.29 is 22.7 Å². The highest BCUT2D eigenvalue weighted by Gasteiger charge is 2.30. The van der Waals surface area contributed by atoms with E-state index in [2.05, 4.69) is 0 Å². The Morgan fingerprint density at radius 1 is 1.21 bits per heavy atom. The Bertz CT molecular complexity index is 409. The summed E-state index contributed by atoms with van der Waals surface area (Å²) in [7, 11) is 0. The van der Waals surface area contributed by atoms with E-state index in [9.17, 15) is 17.6 Å². The molecule has 0 aromatic heterocycles. The lowest BCUT2D eigenvalue weighted by Crippen LogP contribution is -2.36. The minimum atomic E-state index is -4.39. The lowest BCUT2D eigenvalue weighted by molar-refractivity contribution is -0.148. The van der Waals surface area contributed by atoms with Gasteiger partial charge in [0, 0.05) is 30.8 Å². The van der Waals surface area contributed by atoms with Crippen LogP contribution in [0.15, 0.2) is 18.2 Å². The topological polar surface area (TPSA) is 49.5 Å². The predicted octanol–water partition coefficient (Wildman–Crippen LogP) is 1.64. The van der Waals surface area contributed by atoms with Gasteiger partial charge in [0.15, 0.2) is 0 Å². The fraction of sp³-hybridized carbons (Fsp3) is 0.500. The van der Waals surface area contributed by atoms with Gasteiger partial charge in [-0.25, -0.2) is 4.39 Å². The minimum absolute atomic E-state index is 0.0149. The van der Waals surface area contributed by atoms with Crippen molar-refractivity contribution in [3.05, 3.63) is 35.1 Å². The molecule has 0 unspecified atom stereocenters. The van der Waals surface area contributed by atoms with Gasteiger partial charge in [0.25, 0.3) is 0 Å². The van der Waals surface area contributed by atoms with Crippen LogP contribution >= 0.6 is 0 Å². The molecule has 0 aliphatic rings. The Hall–Kier alpha value is -1.18. The molecule has 0 bridgehead atoms. The van der Waals surface area contributed by atoms with Crippen LogP contribution in [0, 0.1) is 5.82 Å². The number of alkyl halides is 3. The molecule has 0 spiro atoms. The van der Waals surface area contributed by atoms with Gasteiger partial charge in [0.05, 0.1) is 13.2 Å². The molecule has 1 rings (SSSR count). The van der Waals surface area contributed by atoms with Crippen molar-refractivity contribution in [1.82, 2.24) is 4.90 Å². The maximum Gasteiger partial charge on any atom is 0.401 e. The highest BCUT2D eigenvalue weighted by atomic mass is 19.4. The Morgan fingerprint density at radius 3 is 2.37 bits per heavy atom. The number of nitrogens with two attached hydrogens (primary N) is 1. The summed E-state index contributed by atoms with van der Waals surface area (Å²) in [6.45, 7) is -2.03. The second-order valence-electron chi connectivity index (χ2n) is 4.14. The van der Waals surface area contributed by atoms with Gasteiger partial charge in [-0.05, 0) is 0 Å². The Balaban J connectivity index is 2.84. The smallest absolute Gasteiger partial charge is 0.395 e. The number of benzene rings is 1. The summed E-state index contributed by atoms with van der Waals surface area (Å²) in [5, 5.41) is 8.76. The van der Waals surface area contributed by atoms with E-state index in [4.69, 9.17) is 10.8 Å². The van der Waals surface area contributed by atoms with E-state index in [1.54, 1.807) is 6.07 Å². The van der Waals surface area contributed by atoms with Gasteiger partial charge >= 0.3 is 6.18 Å². The van der Waals surface area contributed by atoms with Gasteiger partial charge in [0.2, 0.25) is 0 Å². The number of halogens is 4.